The summed E-state index contributed by atoms with van der Waals surface area (Å²) in [6.07, 6.45) is 3.98. The molecule has 0 amide bonds. The zero-order valence-corrected chi connectivity index (χ0v) is 8.97. The first-order valence-corrected chi connectivity index (χ1v) is 5.40. The molecule has 0 aromatic carbocycles. The number of aryl methyl sites for hydroxylation is 2. The Labute approximate surface area is 88.1 Å². The highest BCUT2D eigenvalue weighted by atomic mass is 35.5. The molecule has 4 heteroatoms. The van der Waals surface area contributed by atoms with E-state index in [1.165, 1.54) is 0 Å². The van der Waals surface area contributed by atoms with Gasteiger partial charge in [-0.15, -0.1) is 0 Å². The third-order valence-corrected chi connectivity index (χ3v) is 2.88. The lowest BCUT2D eigenvalue weighted by atomic mass is 10.0. The van der Waals surface area contributed by atoms with E-state index < -0.39 is 0 Å². The van der Waals surface area contributed by atoms with E-state index in [0.29, 0.717) is 5.56 Å². The summed E-state index contributed by atoms with van der Waals surface area (Å²) in [7, 11) is 0. The molecule has 2 heterocycles. The van der Waals surface area contributed by atoms with Gasteiger partial charge in [0.15, 0.2) is 0 Å². The minimum Gasteiger partial charge on any atom is -0.275 e. The van der Waals surface area contributed by atoms with Gasteiger partial charge in [0.2, 0.25) is 0 Å². The van der Waals surface area contributed by atoms with Crippen molar-refractivity contribution < 1.29 is 4.79 Å². The number of hydrogen-bond donors (Lipinski definition) is 0. The Morgan fingerprint density at radius 1 is 1.57 bits per heavy atom. The molecule has 0 aliphatic carbocycles. The molecule has 1 aliphatic rings. The third-order valence-electron chi connectivity index (χ3n) is 2.70. The van der Waals surface area contributed by atoms with E-state index in [-0.39, 0.29) is 5.24 Å². The lowest BCUT2D eigenvalue weighted by Crippen LogP contribution is -2.12. The molecule has 1 aliphatic heterocycles. The molecule has 0 spiro atoms. The number of aromatic nitrogens is 2. The lowest BCUT2D eigenvalue weighted by molar-refractivity contribution is 0.107. The van der Waals surface area contributed by atoms with Gasteiger partial charge in [-0.2, -0.15) is 5.10 Å². The van der Waals surface area contributed by atoms with Gasteiger partial charge < -0.3 is 0 Å². The third kappa shape index (κ3) is 1.46. The molecule has 0 fully saturated rings. The van der Waals surface area contributed by atoms with Crippen LogP contribution in [0.25, 0.3) is 0 Å². The van der Waals surface area contributed by atoms with Crippen LogP contribution < -0.4 is 0 Å². The molecule has 1 aromatic rings. The van der Waals surface area contributed by atoms with Gasteiger partial charge in [0, 0.05) is 6.54 Å². The van der Waals surface area contributed by atoms with Crippen molar-refractivity contribution >= 4 is 16.8 Å². The van der Waals surface area contributed by atoms with Crippen LogP contribution in [0.4, 0.5) is 0 Å². The second kappa shape index (κ2) is 3.73. The summed E-state index contributed by atoms with van der Waals surface area (Å²) in [5.41, 5.74) is 2.55. The Kier molecular flexibility index (Phi) is 2.59. The Morgan fingerprint density at radius 2 is 2.36 bits per heavy atom. The van der Waals surface area contributed by atoms with Crippen LogP contribution in [0, 0.1) is 0 Å². The first-order chi connectivity index (χ1) is 6.74. The van der Waals surface area contributed by atoms with Crippen molar-refractivity contribution in [3.05, 3.63) is 17.0 Å². The van der Waals surface area contributed by atoms with Crippen LogP contribution in [0.2, 0.25) is 0 Å². The number of fused-ring (bicyclic) bond motifs is 1. The lowest BCUT2D eigenvalue weighted by Gasteiger charge is -2.13. The van der Waals surface area contributed by atoms with Crippen LogP contribution in [0.5, 0.6) is 0 Å². The minimum absolute atomic E-state index is 0.356. The maximum Gasteiger partial charge on any atom is 0.256 e. The second-order valence-corrected chi connectivity index (χ2v) is 3.92. The number of carbonyl (C=O) groups is 1. The summed E-state index contributed by atoms with van der Waals surface area (Å²) < 4.78 is 1.94. The van der Waals surface area contributed by atoms with Gasteiger partial charge in [0.25, 0.3) is 5.24 Å². The number of halogens is 1. The highest BCUT2D eigenvalue weighted by Gasteiger charge is 2.22. The summed E-state index contributed by atoms with van der Waals surface area (Å²) in [6, 6.07) is 0. The highest BCUT2D eigenvalue weighted by Crippen LogP contribution is 2.23. The first-order valence-electron chi connectivity index (χ1n) is 5.02. The molecular formula is C10H13ClN2O. The molecule has 0 saturated carbocycles. The second-order valence-electron chi connectivity index (χ2n) is 3.58. The summed E-state index contributed by atoms with van der Waals surface area (Å²) >= 11 is 5.57. The zero-order valence-electron chi connectivity index (χ0n) is 8.22. The Hall–Kier alpha value is -0.830. The van der Waals surface area contributed by atoms with Gasteiger partial charge in [0.1, 0.15) is 0 Å². The van der Waals surface area contributed by atoms with Gasteiger partial charge in [-0.25, -0.2) is 0 Å². The number of hydrogen-bond acceptors (Lipinski definition) is 2. The molecule has 3 nitrogen and oxygen atoms in total. The smallest absolute Gasteiger partial charge is 0.256 e. The Bertz CT molecular complexity index is 370. The van der Waals surface area contributed by atoms with Crippen molar-refractivity contribution in [1.29, 1.82) is 0 Å². The van der Waals surface area contributed by atoms with Crippen molar-refractivity contribution in [3.63, 3.8) is 0 Å². The van der Waals surface area contributed by atoms with E-state index in [1.807, 2.05) is 11.6 Å². The van der Waals surface area contributed by atoms with E-state index in [1.54, 1.807) is 0 Å². The van der Waals surface area contributed by atoms with Crippen LogP contribution in [0.15, 0.2) is 0 Å². The first kappa shape index (κ1) is 9.71. The Morgan fingerprint density at radius 3 is 3.00 bits per heavy atom. The molecule has 0 atom stereocenters. The fourth-order valence-electron chi connectivity index (χ4n) is 2.02. The van der Waals surface area contributed by atoms with Gasteiger partial charge in [-0.05, 0) is 37.3 Å². The molecule has 0 bridgehead atoms. The van der Waals surface area contributed by atoms with Crippen molar-refractivity contribution in [2.75, 3.05) is 0 Å². The van der Waals surface area contributed by atoms with Crippen LogP contribution in [-0.4, -0.2) is 15.0 Å². The van der Waals surface area contributed by atoms with E-state index in [4.69, 9.17) is 11.6 Å². The summed E-state index contributed by atoms with van der Waals surface area (Å²) in [4.78, 5) is 11.3. The molecule has 2 rings (SSSR count). The molecule has 1 aromatic heterocycles. The van der Waals surface area contributed by atoms with Crippen LogP contribution in [0.1, 0.15) is 41.5 Å². The monoisotopic (exact) mass is 212 g/mol. The van der Waals surface area contributed by atoms with Gasteiger partial charge in [-0.3, -0.25) is 9.48 Å². The normalized spacial score (nSPS) is 15.3. The van der Waals surface area contributed by atoms with E-state index in [0.717, 1.165) is 43.6 Å². The summed E-state index contributed by atoms with van der Waals surface area (Å²) in [5, 5.41) is 4.05. The quantitative estimate of drug-likeness (QED) is 0.705. The topological polar surface area (TPSA) is 34.9 Å². The minimum atomic E-state index is -0.356. The van der Waals surface area contributed by atoms with Crippen LogP contribution in [0.3, 0.4) is 0 Å². The van der Waals surface area contributed by atoms with E-state index in [9.17, 15) is 4.79 Å². The van der Waals surface area contributed by atoms with E-state index >= 15 is 0 Å². The van der Waals surface area contributed by atoms with Crippen molar-refractivity contribution in [2.45, 2.75) is 39.2 Å². The van der Waals surface area contributed by atoms with Crippen molar-refractivity contribution in [2.24, 2.45) is 0 Å². The summed E-state index contributed by atoms with van der Waals surface area (Å²) in [5.74, 6) is 0. The standard InChI is InChI=1S/C10H13ClN2O/c1-2-7-9(10(11)14)8-5-3-4-6-13(8)12-7/h2-6H2,1H3. The number of rotatable bonds is 2. The maximum absolute atomic E-state index is 11.3. The Balaban J connectivity index is 2.53. The molecule has 0 radical (unpaired) electrons. The SMILES string of the molecule is CCc1nn2c(c1C(=O)Cl)CCCC2. The van der Waals surface area contributed by atoms with Crippen molar-refractivity contribution in [1.82, 2.24) is 9.78 Å². The van der Waals surface area contributed by atoms with Gasteiger partial charge in [-0.1, -0.05) is 6.92 Å². The molecule has 0 unspecified atom stereocenters. The van der Waals surface area contributed by atoms with Crippen LogP contribution >= 0.6 is 11.6 Å². The fraction of sp³-hybridized carbons (Fsp3) is 0.600. The largest absolute Gasteiger partial charge is 0.275 e. The van der Waals surface area contributed by atoms with Crippen LogP contribution in [-0.2, 0) is 19.4 Å². The molecule has 14 heavy (non-hydrogen) atoms. The molecule has 0 saturated heterocycles. The fourth-order valence-corrected chi connectivity index (χ4v) is 2.24. The molecule has 0 N–H and O–H groups in total. The highest BCUT2D eigenvalue weighted by molar-refractivity contribution is 6.68. The predicted molar refractivity (Wildman–Crippen MR) is 54.7 cm³/mol. The number of carbonyl (C=O) groups excluding carboxylic acids is 1. The van der Waals surface area contributed by atoms with Gasteiger partial charge in [0.05, 0.1) is 17.0 Å². The van der Waals surface area contributed by atoms with Gasteiger partial charge >= 0.3 is 0 Å². The maximum atomic E-state index is 11.3. The number of nitrogens with zero attached hydrogens (tertiary/aromatic N) is 2. The predicted octanol–water partition coefficient (Wildman–Crippen LogP) is 2.16. The van der Waals surface area contributed by atoms with Crippen molar-refractivity contribution in [3.8, 4) is 0 Å². The summed E-state index contributed by atoms with van der Waals surface area (Å²) in [6.45, 7) is 2.92. The van der Waals surface area contributed by atoms with E-state index in [2.05, 4.69) is 5.10 Å². The molecule has 76 valence electrons. The average molecular weight is 213 g/mol. The molecular weight excluding hydrogens is 200 g/mol. The zero-order chi connectivity index (χ0) is 10.1. The average Bonchev–Trinajstić information content (AvgIpc) is 2.55.